The van der Waals surface area contributed by atoms with Gasteiger partial charge in [0.15, 0.2) is 5.65 Å². The van der Waals surface area contributed by atoms with Crippen LogP contribution in [0, 0.1) is 6.92 Å². The lowest BCUT2D eigenvalue weighted by Crippen LogP contribution is -2.05. The van der Waals surface area contributed by atoms with Crippen LogP contribution in [0.4, 0.5) is 5.95 Å². The molecule has 0 saturated heterocycles. The van der Waals surface area contributed by atoms with E-state index in [1.54, 1.807) is 0 Å². The van der Waals surface area contributed by atoms with Crippen molar-refractivity contribution in [1.29, 1.82) is 0 Å². The molecule has 0 unspecified atom stereocenters. The number of hydrogen-bond donors (Lipinski definition) is 1. The Morgan fingerprint density at radius 3 is 2.55 bits per heavy atom. The van der Waals surface area contributed by atoms with E-state index in [9.17, 15) is 0 Å². The summed E-state index contributed by atoms with van der Waals surface area (Å²) < 4.78 is 1.95. The smallest absolute Gasteiger partial charge is 0.202 e. The molecule has 0 aliphatic heterocycles. The highest BCUT2D eigenvalue weighted by atomic mass is 15.2. The minimum Gasteiger partial charge on any atom is -0.369 e. The number of pyridine rings is 1. The van der Waals surface area contributed by atoms with Crippen molar-refractivity contribution in [3.63, 3.8) is 0 Å². The van der Waals surface area contributed by atoms with Crippen LogP contribution in [-0.2, 0) is 13.0 Å². The number of aryl methyl sites for hydroxylation is 2. The molecule has 2 N–H and O–H groups in total. The van der Waals surface area contributed by atoms with Crippen molar-refractivity contribution >= 4 is 17.1 Å². The van der Waals surface area contributed by atoms with E-state index in [-0.39, 0.29) is 0 Å². The third-order valence-corrected chi connectivity index (χ3v) is 3.52. The lowest BCUT2D eigenvalue weighted by atomic mass is 10.1. The van der Waals surface area contributed by atoms with Gasteiger partial charge in [0.25, 0.3) is 0 Å². The molecule has 3 aromatic rings. The van der Waals surface area contributed by atoms with Crippen LogP contribution >= 0.6 is 0 Å². The molecule has 20 heavy (non-hydrogen) atoms. The summed E-state index contributed by atoms with van der Waals surface area (Å²) in [6.45, 7) is 4.86. The Morgan fingerprint density at radius 2 is 1.85 bits per heavy atom. The van der Waals surface area contributed by atoms with Crippen molar-refractivity contribution < 1.29 is 0 Å². The van der Waals surface area contributed by atoms with E-state index >= 15 is 0 Å². The van der Waals surface area contributed by atoms with Crippen molar-refractivity contribution in [2.75, 3.05) is 5.73 Å². The second-order valence-corrected chi connectivity index (χ2v) is 5.08. The van der Waals surface area contributed by atoms with Gasteiger partial charge in [-0.05, 0) is 36.1 Å². The Bertz CT molecular complexity index is 741. The van der Waals surface area contributed by atoms with E-state index in [0.717, 1.165) is 23.1 Å². The quantitative estimate of drug-likeness (QED) is 0.793. The summed E-state index contributed by atoms with van der Waals surface area (Å²) in [6, 6.07) is 10.6. The topological polar surface area (TPSA) is 56.7 Å². The van der Waals surface area contributed by atoms with Gasteiger partial charge >= 0.3 is 0 Å². The molecule has 1 aromatic carbocycles. The summed E-state index contributed by atoms with van der Waals surface area (Å²) in [5, 5.41) is 0. The average molecular weight is 266 g/mol. The molecule has 102 valence electrons. The molecule has 0 aliphatic rings. The Labute approximate surface area is 118 Å². The fourth-order valence-electron chi connectivity index (χ4n) is 2.35. The largest absolute Gasteiger partial charge is 0.369 e. The number of nitrogen functional groups attached to an aromatic ring is 1. The molecule has 0 fully saturated rings. The first-order valence-corrected chi connectivity index (χ1v) is 6.83. The molecule has 0 atom stereocenters. The van der Waals surface area contributed by atoms with E-state index in [0.29, 0.717) is 12.5 Å². The molecule has 3 rings (SSSR count). The van der Waals surface area contributed by atoms with Crippen LogP contribution in [0.3, 0.4) is 0 Å². The van der Waals surface area contributed by atoms with Gasteiger partial charge in [-0.15, -0.1) is 0 Å². The molecule has 4 heteroatoms. The summed E-state index contributed by atoms with van der Waals surface area (Å²) in [6.07, 6.45) is 2.90. The van der Waals surface area contributed by atoms with Crippen LogP contribution < -0.4 is 5.73 Å². The first-order chi connectivity index (χ1) is 9.67. The van der Waals surface area contributed by atoms with Gasteiger partial charge in [-0.2, -0.15) is 0 Å². The maximum Gasteiger partial charge on any atom is 0.202 e. The predicted octanol–water partition coefficient (Wildman–Crippen LogP) is 2.93. The Kier molecular flexibility index (Phi) is 3.14. The zero-order valence-electron chi connectivity index (χ0n) is 11.8. The molecule has 0 aliphatic carbocycles. The monoisotopic (exact) mass is 266 g/mol. The number of rotatable bonds is 3. The number of fused-ring (bicyclic) bond motifs is 1. The molecule has 4 nitrogen and oxygen atoms in total. The summed E-state index contributed by atoms with van der Waals surface area (Å²) in [4.78, 5) is 8.83. The molecule has 0 radical (unpaired) electrons. The Morgan fingerprint density at radius 1 is 1.15 bits per heavy atom. The standard InChI is InChI=1S/C16H18N4/c1-3-12-4-6-13(7-5-12)10-20-15-14(19-16(20)17)8-11(2)9-18-15/h4-9H,3,10H2,1-2H3,(H2,17,19). The van der Waals surface area contributed by atoms with Gasteiger partial charge in [0.05, 0.1) is 6.54 Å². The number of anilines is 1. The third kappa shape index (κ3) is 2.25. The zero-order valence-corrected chi connectivity index (χ0v) is 11.8. The SMILES string of the molecule is CCc1ccc(Cn2c(N)nc3cc(C)cnc32)cc1. The number of aromatic nitrogens is 3. The highest BCUT2D eigenvalue weighted by Gasteiger charge is 2.09. The second kappa shape index (κ2) is 4.96. The Balaban J connectivity index is 1.99. The highest BCUT2D eigenvalue weighted by Crippen LogP contribution is 2.18. The highest BCUT2D eigenvalue weighted by molar-refractivity contribution is 5.74. The van der Waals surface area contributed by atoms with Gasteiger partial charge in [0, 0.05) is 6.20 Å². The molecule has 0 bridgehead atoms. The van der Waals surface area contributed by atoms with E-state index < -0.39 is 0 Å². The second-order valence-electron chi connectivity index (χ2n) is 5.08. The van der Waals surface area contributed by atoms with E-state index in [2.05, 4.69) is 41.2 Å². The average Bonchev–Trinajstić information content (AvgIpc) is 2.75. The van der Waals surface area contributed by atoms with Crippen LogP contribution in [0.25, 0.3) is 11.2 Å². The van der Waals surface area contributed by atoms with Gasteiger partial charge in [-0.25, -0.2) is 9.97 Å². The van der Waals surface area contributed by atoms with E-state index in [4.69, 9.17) is 5.73 Å². The summed E-state index contributed by atoms with van der Waals surface area (Å²) >= 11 is 0. The third-order valence-electron chi connectivity index (χ3n) is 3.52. The maximum atomic E-state index is 6.02. The van der Waals surface area contributed by atoms with Crippen LogP contribution in [-0.4, -0.2) is 14.5 Å². The minimum absolute atomic E-state index is 0.512. The van der Waals surface area contributed by atoms with E-state index in [1.807, 2.05) is 23.8 Å². The number of nitrogens with two attached hydrogens (primary N) is 1. The van der Waals surface area contributed by atoms with Crippen molar-refractivity contribution in [2.24, 2.45) is 0 Å². The molecular weight excluding hydrogens is 248 g/mol. The number of benzene rings is 1. The van der Waals surface area contributed by atoms with Crippen molar-refractivity contribution in [3.8, 4) is 0 Å². The normalized spacial score (nSPS) is 11.1. The minimum atomic E-state index is 0.512. The van der Waals surface area contributed by atoms with Crippen LogP contribution in [0.5, 0.6) is 0 Å². The van der Waals surface area contributed by atoms with Crippen LogP contribution in [0.15, 0.2) is 36.5 Å². The molecular formula is C16H18N4. The Hall–Kier alpha value is -2.36. The van der Waals surface area contributed by atoms with E-state index in [1.165, 1.54) is 11.1 Å². The lowest BCUT2D eigenvalue weighted by Gasteiger charge is -2.07. The van der Waals surface area contributed by atoms with Gasteiger partial charge in [-0.3, -0.25) is 4.57 Å². The first kappa shape index (κ1) is 12.7. The summed E-state index contributed by atoms with van der Waals surface area (Å²) in [5.41, 5.74) is 11.3. The van der Waals surface area contributed by atoms with Gasteiger partial charge in [0.2, 0.25) is 5.95 Å². The summed E-state index contributed by atoms with van der Waals surface area (Å²) in [7, 11) is 0. The molecule has 2 aromatic heterocycles. The molecule has 0 spiro atoms. The van der Waals surface area contributed by atoms with Gasteiger partial charge in [0.1, 0.15) is 5.52 Å². The van der Waals surface area contributed by atoms with Gasteiger partial charge in [-0.1, -0.05) is 31.2 Å². The summed E-state index contributed by atoms with van der Waals surface area (Å²) in [5.74, 6) is 0.512. The van der Waals surface area contributed by atoms with Crippen molar-refractivity contribution in [1.82, 2.24) is 14.5 Å². The number of nitrogens with zero attached hydrogens (tertiary/aromatic N) is 3. The molecule has 0 amide bonds. The maximum absolute atomic E-state index is 6.02. The lowest BCUT2D eigenvalue weighted by molar-refractivity contribution is 0.826. The zero-order chi connectivity index (χ0) is 14.1. The van der Waals surface area contributed by atoms with Crippen molar-refractivity contribution in [2.45, 2.75) is 26.8 Å². The molecule has 0 saturated carbocycles. The fourth-order valence-corrected chi connectivity index (χ4v) is 2.35. The number of hydrogen-bond acceptors (Lipinski definition) is 3. The van der Waals surface area contributed by atoms with Crippen LogP contribution in [0.2, 0.25) is 0 Å². The van der Waals surface area contributed by atoms with Crippen LogP contribution in [0.1, 0.15) is 23.6 Å². The van der Waals surface area contributed by atoms with Gasteiger partial charge < -0.3 is 5.73 Å². The number of imidazole rings is 1. The predicted molar refractivity (Wildman–Crippen MR) is 81.6 cm³/mol. The molecule has 2 heterocycles. The first-order valence-electron chi connectivity index (χ1n) is 6.83. The van der Waals surface area contributed by atoms with Crippen molar-refractivity contribution in [3.05, 3.63) is 53.2 Å². The fraction of sp³-hybridized carbons (Fsp3) is 0.250.